The fourth-order valence-electron chi connectivity index (χ4n) is 0.924. The van der Waals surface area contributed by atoms with Crippen LogP contribution in [0.4, 0.5) is 0 Å². The quantitative estimate of drug-likeness (QED) is 0.519. The second kappa shape index (κ2) is 5.46. The molecule has 0 spiro atoms. The molecule has 0 amide bonds. The van der Waals surface area contributed by atoms with Gasteiger partial charge in [0.25, 0.3) is 0 Å². The molecule has 0 fully saturated rings. The van der Waals surface area contributed by atoms with E-state index in [1.165, 1.54) is 0 Å². The second-order valence-corrected chi connectivity index (χ2v) is 11.1. The molecular weight excluding hydrogens is 268 g/mol. The van der Waals surface area contributed by atoms with Crippen molar-refractivity contribution in [3.63, 3.8) is 0 Å². The van der Waals surface area contributed by atoms with E-state index in [2.05, 4.69) is 63.0 Å². The lowest BCUT2D eigenvalue weighted by atomic mass is 10.2. The molecule has 1 nitrogen and oxygen atoms in total. The van der Waals surface area contributed by atoms with Gasteiger partial charge < -0.3 is 4.43 Å². The van der Waals surface area contributed by atoms with E-state index < -0.39 is 8.32 Å². The summed E-state index contributed by atoms with van der Waals surface area (Å²) in [7, 11) is -1.71. The normalized spacial score (nSPS) is 14.8. The summed E-state index contributed by atoms with van der Waals surface area (Å²) in [5, 5.41) is 0.231. The molecule has 0 radical (unpaired) electrons. The Bertz CT molecular complexity index is 240. The van der Waals surface area contributed by atoms with Crippen molar-refractivity contribution in [1.29, 1.82) is 0 Å². The smallest absolute Gasteiger partial charge is 0.192 e. The van der Waals surface area contributed by atoms with Crippen molar-refractivity contribution >= 4 is 24.2 Å². The van der Waals surface area contributed by atoms with Crippen molar-refractivity contribution in [3.8, 4) is 0 Å². The molecule has 0 aliphatic heterocycles. The largest absolute Gasteiger partial charge is 0.409 e. The molecule has 0 aromatic heterocycles. The highest BCUT2D eigenvalue weighted by Crippen LogP contribution is 2.38. The Labute approximate surface area is 104 Å². The highest BCUT2D eigenvalue weighted by Gasteiger charge is 2.39. The predicted octanol–water partition coefficient (Wildman–Crippen LogP) is 4.86. The van der Waals surface area contributed by atoms with Gasteiger partial charge in [-0.3, -0.25) is 0 Å². The van der Waals surface area contributed by atoms with Crippen molar-refractivity contribution in [2.24, 2.45) is 0 Å². The van der Waals surface area contributed by atoms with Crippen LogP contribution in [-0.4, -0.2) is 14.4 Å². The fraction of sp³-hybridized carbons (Fsp3) is 0.667. The van der Waals surface area contributed by atoms with Gasteiger partial charge in [-0.15, -0.1) is 6.58 Å². The van der Waals surface area contributed by atoms with Gasteiger partial charge in [-0.1, -0.05) is 49.4 Å². The molecule has 0 saturated heterocycles. The summed E-state index contributed by atoms with van der Waals surface area (Å²) in [6.07, 6.45) is 2.75. The van der Waals surface area contributed by atoms with Crippen LogP contribution >= 0.6 is 15.9 Å². The molecule has 0 N–H and O–H groups in total. The lowest BCUT2D eigenvalue weighted by Crippen LogP contribution is -2.43. The summed E-state index contributed by atoms with van der Waals surface area (Å²) in [6, 6.07) is 0. The van der Waals surface area contributed by atoms with E-state index in [-0.39, 0.29) is 11.1 Å². The number of hydrogen-bond acceptors (Lipinski definition) is 1. The Morgan fingerprint density at radius 1 is 1.47 bits per heavy atom. The summed E-state index contributed by atoms with van der Waals surface area (Å²) in [5.74, 6) is 0. The van der Waals surface area contributed by atoms with Crippen LogP contribution in [0.2, 0.25) is 18.1 Å². The zero-order valence-corrected chi connectivity index (χ0v) is 13.1. The first-order chi connectivity index (χ1) is 6.62. The molecular formula is C12H23BrOSi. The molecule has 88 valence electrons. The molecule has 0 rings (SSSR count). The lowest BCUT2D eigenvalue weighted by molar-refractivity contribution is 0.226. The van der Waals surface area contributed by atoms with Gasteiger partial charge in [0.2, 0.25) is 0 Å². The standard InChI is InChI=1S/C12H23BrOSi/c1-8-9-11(10(2)13)14-15(6,7)12(3,4)5/h8,11H,1-2,9H2,3-7H3/t11-/m0/s1. The minimum absolute atomic E-state index is 0.0587. The van der Waals surface area contributed by atoms with Crippen molar-refractivity contribution in [2.75, 3.05) is 0 Å². The first-order valence-electron chi connectivity index (χ1n) is 5.25. The molecule has 15 heavy (non-hydrogen) atoms. The molecule has 0 unspecified atom stereocenters. The lowest BCUT2D eigenvalue weighted by Gasteiger charge is -2.39. The third-order valence-corrected chi connectivity index (χ3v) is 7.97. The molecule has 1 atom stereocenters. The third-order valence-electron chi connectivity index (χ3n) is 2.97. The molecule has 0 saturated carbocycles. The van der Waals surface area contributed by atoms with Crippen LogP contribution in [-0.2, 0) is 4.43 Å². The minimum Gasteiger partial charge on any atom is -0.409 e. The summed E-state index contributed by atoms with van der Waals surface area (Å²) < 4.78 is 7.13. The van der Waals surface area contributed by atoms with Crippen molar-refractivity contribution in [1.82, 2.24) is 0 Å². The monoisotopic (exact) mass is 290 g/mol. The van der Waals surface area contributed by atoms with Gasteiger partial charge in [0.05, 0.1) is 6.10 Å². The van der Waals surface area contributed by atoms with E-state index in [0.717, 1.165) is 10.9 Å². The van der Waals surface area contributed by atoms with Crippen molar-refractivity contribution in [2.45, 2.75) is 51.4 Å². The van der Waals surface area contributed by atoms with Gasteiger partial charge >= 0.3 is 0 Å². The maximum Gasteiger partial charge on any atom is 0.192 e. The van der Waals surface area contributed by atoms with E-state index in [4.69, 9.17) is 4.43 Å². The molecule has 3 heteroatoms. The average Bonchev–Trinajstić information content (AvgIpc) is 2.00. The van der Waals surface area contributed by atoms with E-state index >= 15 is 0 Å². The molecule has 0 aromatic rings. The molecule has 0 aliphatic carbocycles. The van der Waals surface area contributed by atoms with Crippen LogP contribution in [0.5, 0.6) is 0 Å². The Kier molecular flexibility index (Phi) is 5.51. The van der Waals surface area contributed by atoms with Gasteiger partial charge in [0.15, 0.2) is 8.32 Å². The predicted molar refractivity (Wildman–Crippen MR) is 75.0 cm³/mol. The van der Waals surface area contributed by atoms with E-state index in [1.54, 1.807) is 0 Å². The first kappa shape index (κ1) is 15.1. The summed E-state index contributed by atoms with van der Waals surface area (Å²) in [6.45, 7) is 18.9. The number of hydrogen-bond donors (Lipinski definition) is 0. The van der Waals surface area contributed by atoms with Gasteiger partial charge in [0.1, 0.15) is 0 Å². The highest BCUT2D eigenvalue weighted by molar-refractivity contribution is 9.11. The molecule has 0 heterocycles. The SMILES string of the molecule is C=CC[C@H](O[Si](C)(C)C(C)(C)C)C(=C)Br. The van der Waals surface area contributed by atoms with Crippen LogP contribution < -0.4 is 0 Å². The van der Waals surface area contributed by atoms with Gasteiger partial charge in [-0.25, -0.2) is 0 Å². The third kappa shape index (κ3) is 4.66. The number of rotatable bonds is 5. The first-order valence-corrected chi connectivity index (χ1v) is 8.95. The summed E-state index contributed by atoms with van der Waals surface area (Å²) >= 11 is 3.42. The maximum absolute atomic E-state index is 6.23. The molecule has 0 aliphatic rings. The number of halogens is 1. The van der Waals surface area contributed by atoms with E-state index in [0.29, 0.717) is 0 Å². The fourth-order valence-corrected chi connectivity index (χ4v) is 2.68. The van der Waals surface area contributed by atoms with Crippen LogP contribution in [0.1, 0.15) is 27.2 Å². The van der Waals surface area contributed by atoms with E-state index in [1.807, 2.05) is 6.08 Å². The van der Waals surface area contributed by atoms with E-state index in [9.17, 15) is 0 Å². The van der Waals surface area contributed by atoms with Crippen LogP contribution in [0.25, 0.3) is 0 Å². The van der Waals surface area contributed by atoms with Crippen molar-refractivity contribution in [3.05, 3.63) is 23.7 Å². The topological polar surface area (TPSA) is 9.23 Å². The Balaban J connectivity index is 4.66. The maximum atomic E-state index is 6.23. The van der Waals surface area contributed by atoms with Crippen LogP contribution in [0, 0.1) is 0 Å². The Hall–Kier alpha value is 0.137. The molecule has 0 aromatic carbocycles. The van der Waals surface area contributed by atoms with Crippen LogP contribution in [0.15, 0.2) is 23.7 Å². The van der Waals surface area contributed by atoms with Crippen LogP contribution in [0.3, 0.4) is 0 Å². The van der Waals surface area contributed by atoms with Gasteiger partial charge in [-0.2, -0.15) is 0 Å². The Morgan fingerprint density at radius 2 is 1.93 bits per heavy atom. The van der Waals surface area contributed by atoms with Gasteiger partial charge in [-0.05, 0) is 24.6 Å². The summed E-state index contributed by atoms with van der Waals surface area (Å²) in [5.41, 5.74) is 0. The second-order valence-electron chi connectivity index (χ2n) is 5.34. The average molecular weight is 291 g/mol. The highest BCUT2D eigenvalue weighted by atomic mass is 79.9. The van der Waals surface area contributed by atoms with Crippen molar-refractivity contribution < 1.29 is 4.43 Å². The zero-order valence-electron chi connectivity index (χ0n) is 10.6. The zero-order chi connectivity index (χ0) is 12.3. The molecule has 0 bridgehead atoms. The minimum atomic E-state index is -1.71. The van der Waals surface area contributed by atoms with Gasteiger partial charge in [0, 0.05) is 4.48 Å². The Morgan fingerprint density at radius 3 is 2.20 bits per heavy atom. The summed E-state index contributed by atoms with van der Waals surface area (Å²) in [4.78, 5) is 0.